The van der Waals surface area contributed by atoms with Gasteiger partial charge in [0.2, 0.25) is 0 Å². The van der Waals surface area contributed by atoms with E-state index >= 15 is 0 Å². The van der Waals surface area contributed by atoms with Crippen LogP contribution in [0.2, 0.25) is 0 Å². The number of nitrogens with zero attached hydrogens (tertiary/aromatic N) is 3. The van der Waals surface area contributed by atoms with Gasteiger partial charge in [0.25, 0.3) is 5.91 Å². The van der Waals surface area contributed by atoms with Crippen LogP contribution in [0.5, 0.6) is 5.75 Å². The number of benzene rings is 1. The van der Waals surface area contributed by atoms with Gasteiger partial charge in [-0.05, 0) is 18.2 Å². The molecular formula is C16H12N4O5. The summed E-state index contributed by atoms with van der Waals surface area (Å²) in [7, 11) is 0. The van der Waals surface area contributed by atoms with Gasteiger partial charge >= 0.3 is 5.88 Å². The molecule has 0 unspecified atom stereocenters. The number of hydrazone groups is 1. The number of hydrogen-bond donors (Lipinski definition) is 1. The van der Waals surface area contributed by atoms with Crippen LogP contribution in [0.15, 0.2) is 58.2 Å². The van der Waals surface area contributed by atoms with Gasteiger partial charge in [0, 0.05) is 11.6 Å². The van der Waals surface area contributed by atoms with E-state index in [0.29, 0.717) is 11.3 Å². The highest BCUT2D eigenvalue weighted by atomic mass is 16.6. The van der Waals surface area contributed by atoms with E-state index in [1.165, 1.54) is 12.1 Å². The topological polar surface area (TPSA) is 120 Å². The molecule has 1 N–H and O–H groups in total. The van der Waals surface area contributed by atoms with Crippen LogP contribution < -0.4 is 10.2 Å². The molecule has 1 aromatic carbocycles. The van der Waals surface area contributed by atoms with Crippen LogP contribution in [0.3, 0.4) is 0 Å². The molecule has 0 fully saturated rings. The van der Waals surface area contributed by atoms with Crippen molar-refractivity contribution >= 4 is 28.9 Å². The largest absolute Gasteiger partial charge is 0.481 e. The summed E-state index contributed by atoms with van der Waals surface area (Å²) in [6, 6.07) is 11.7. The minimum absolute atomic E-state index is 0.145. The van der Waals surface area contributed by atoms with Crippen LogP contribution >= 0.6 is 0 Å². The number of amides is 1. The van der Waals surface area contributed by atoms with Crippen molar-refractivity contribution in [3.05, 3.63) is 64.5 Å². The van der Waals surface area contributed by atoms with Crippen LogP contribution in [-0.4, -0.2) is 28.6 Å². The summed E-state index contributed by atoms with van der Waals surface area (Å²) in [5, 5.41) is 15.0. The quantitative estimate of drug-likeness (QED) is 0.417. The van der Waals surface area contributed by atoms with Gasteiger partial charge in [-0.2, -0.15) is 5.10 Å². The van der Waals surface area contributed by atoms with Gasteiger partial charge < -0.3 is 9.15 Å². The Morgan fingerprint density at radius 2 is 2.16 bits per heavy atom. The highest BCUT2D eigenvalue weighted by Crippen LogP contribution is 2.22. The molecule has 0 aliphatic rings. The number of fused-ring (bicyclic) bond motifs is 1. The highest BCUT2D eigenvalue weighted by Gasteiger charge is 2.10. The Balaban J connectivity index is 1.55. The van der Waals surface area contributed by atoms with Crippen LogP contribution in [0, 0.1) is 10.1 Å². The zero-order valence-corrected chi connectivity index (χ0v) is 12.8. The van der Waals surface area contributed by atoms with Gasteiger partial charge in [0.15, 0.2) is 12.4 Å². The number of para-hydroxylation sites is 1. The summed E-state index contributed by atoms with van der Waals surface area (Å²) in [6.07, 6.45) is 2.80. The number of ether oxygens (including phenoxy) is 1. The Kier molecular flexibility index (Phi) is 4.65. The van der Waals surface area contributed by atoms with Crippen molar-refractivity contribution in [1.82, 2.24) is 10.4 Å². The number of carbonyl (C=O) groups excluding carboxylic acids is 1. The minimum atomic E-state index is -0.665. The van der Waals surface area contributed by atoms with Crippen LogP contribution in [0.1, 0.15) is 5.76 Å². The minimum Gasteiger partial charge on any atom is -0.481 e. The van der Waals surface area contributed by atoms with Gasteiger partial charge in [-0.25, -0.2) is 5.43 Å². The molecule has 0 atom stereocenters. The third-order valence-electron chi connectivity index (χ3n) is 3.13. The van der Waals surface area contributed by atoms with Crippen molar-refractivity contribution in [3.63, 3.8) is 0 Å². The predicted molar refractivity (Wildman–Crippen MR) is 88.3 cm³/mol. The molecule has 2 aromatic heterocycles. The van der Waals surface area contributed by atoms with Gasteiger partial charge in [0.05, 0.1) is 12.3 Å². The molecule has 0 spiro atoms. The molecule has 0 aliphatic heterocycles. The number of nitro groups is 1. The Bertz CT molecular complexity index is 945. The van der Waals surface area contributed by atoms with Crippen molar-refractivity contribution in [3.8, 4) is 5.75 Å². The standard InChI is InChI=1S/C16H12N4O5/c21-14(19-18-9-12-6-7-15(25-12)20(22)23)10-24-13-5-1-3-11-4-2-8-17-16(11)13/h1-9H,10H2,(H,19,21)/b18-9+. The first-order valence-electron chi connectivity index (χ1n) is 7.16. The summed E-state index contributed by atoms with van der Waals surface area (Å²) in [6.45, 7) is -0.259. The average molecular weight is 340 g/mol. The first-order valence-corrected chi connectivity index (χ1v) is 7.16. The molecule has 0 radical (unpaired) electrons. The third kappa shape index (κ3) is 3.96. The van der Waals surface area contributed by atoms with E-state index in [0.717, 1.165) is 11.6 Å². The van der Waals surface area contributed by atoms with Crippen molar-refractivity contribution in [2.45, 2.75) is 0 Å². The Morgan fingerprint density at radius 3 is 2.96 bits per heavy atom. The Morgan fingerprint density at radius 1 is 1.32 bits per heavy atom. The maximum atomic E-state index is 11.7. The first-order chi connectivity index (χ1) is 12.1. The van der Waals surface area contributed by atoms with Crippen molar-refractivity contribution < 1.29 is 18.9 Å². The molecule has 0 aliphatic carbocycles. The van der Waals surface area contributed by atoms with Crippen LogP contribution in [-0.2, 0) is 4.79 Å². The number of carbonyl (C=O) groups is 1. The second-order valence-corrected chi connectivity index (χ2v) is 4.85. The molecule has 2 heterocycles. The van der Waals surface area contributed by atoms with Crippen LogP contribution in [0.25, 0.3) is 10.9 Å². The lowest BCUT2D eigenvalue weighted by atomic mass is 10.2. The van der Waals surface area contributed by atoms with E-state index in [9.17, 15) is 14.9 Å². The van der Waals surface area contributed by atoms with Gasteiger partial charge in [-0.15, -0.1) is 0 Å². The van der Waals surface area contributed by atoms with E-state index in [1.54, 1.807) is 18.3 Å². The molecule has 1 amide bonds. The molecule has 0 saturated carbocycles. The Labute approximate surface area is 141 Å². The second kappa shape index (κ2) is 7.21. The molecule has 3 aromatic rings. The number of furan rings is 1. The number of pyridine rings is 1. The molecule has 9 heteroatoms. The first kappa shape index (κ1) is 16.1. The lowest BCUT2D eigenvalue weighted by Gasteiger charge is -2.07. The van der Waals surface area contributed by atoms with Crippen molar-refractivity contribution in [1.29, 1.82) is 0 Å². The molecular weight excluding hydrogens is 328 g/mol. The summed E-state index contributed by atoms with van der Waals surface area (Å²) in [5.74, 6) is -0.269. The van der Waals surface area contributed by atoms with Gasteiger partial charge in [-0.1, -0.05) is 18.2 Å². The van der Waals surface area contributed by atoms with E-state index in [4.69, 9.17) is 9.15 Å². The van der Waals surface area contributed by atoms with Gasteiger partial charge in [0.1, 0.15) is 16.2 Å². The monoisotopic (exact) mass is 340 g/mol. The fraction of sp³-hybridized carbons (Fsp3) is 0.0625. The van der Waals surface area contributed by atoms with E-state index in [-0.39, 0.29) is 12.4 Å². The maximum Gasteiger partial charge on any atom is 0.433 e. The lowest BCUT2D eigenvalue weighted by Crippen LogP contribution is -2.24. The maximum absolute atomic E-state index is 11.7. The summed E-state index contributed by atoms with van der Waals surface area (Å²) >= 11 is 0. The fourth-order valence-electron chi connectivity index (χ4n) is 2.05. The van der Waals surface area contributed by atoms with Gasteiger partial charge in [-0.3, -0.25) is 19.9 Å². The van der Waals surface area contributed by atoms with E-state index < -0.39 is 16.7 Å². The zero-order valence-electron chi connectivity index (χ0n) is 12.8. The summed E-state index contributed by atoms with van der Waals surface area (Å²) in [4.78, 5) is 25.8. The number of aromatic nitrogens is 1. The molecule has 25 heavy (non-hydrogen) atoms. The van der Waals surface area contributed by atoms with Crippen molar-refractivity contribution in [2.75, 3.05) is 6.61 Å². The predicted octanol–water partition coefficient (Wildman–Crippen LogP) is 2.27. The van der Waals surface area contributed by atoms with Crippen molar-refractivity contribution in [2.24, 2.45) is 5.10 Å². The Hall–Kier alpha value is -3.75. The summed E-state index contributed by atoms with van der Waals surface area (Å²) < 4.78 is 10.3. The second-order valence-electron chi connectivity index (χ2n) is 4.85. The average Bonchev–Trinajstić information content (AvgIpc) is 3.09. The highest BCUT2D eigenvalue weighted by molar-refractivity contribution is 5.85. The van der Waals surface area contributed by atoms with E-state index in [1.807, 2.05) is 18.2 Å². The zero-order chi connectivity index (χ0) is 17.6. The number of hydrogen-bond acceptors (Lipinski definition) is 7. The normalized spacial score (nSPS) is 10.9. The summed E-state index contributed by atoms with van der Waals surface area (Å²) in [5.41, 5.74) is 2.90. The smallest absolute Gasteiger partial charge is 0.433 e. The third-order valence-corrected chi connectivity index (χ3v) is 3.13. The van der Waals surface area contributed by atoms with E-state index in [2.05, 4.69) is 15.5 Å². The lowest BCUT2D eigenvalue weighted by molar-refractivity contribution is -0.402. The van der Waals surface area contributed by atoms with Crippen LogP contribution in [0.4, 0.5) is 5.88 Å². The molecule has 9 nitrogen and oxygen atoms in total. The molecule has 3 rings (SSSR count). The number of nitrogens with one attached hydrogen (secondary N) is 1. The fourth-order valence-corrected chi connectivity index (χ4v) is 2.05. The SMILES string of the molecule is O=C(COc1cccc2cccnc12)N/N=C/c1ccc([N+](=O)[O-])o1. The number of rotatable bonds is 6. The molecule has 0 saturated heterocycles. The molecule has 0 bridgehead atoms. The molecule has 126 valence electrons.